The van der Waals surface area contributed by atoms with Crippen LogP contribution in [0.25, 0.3) is 0 Å². The smallest absolute Gasteiger partial charge is 0.304 e. The third kappa shape index (κ3) is 2.35. The molecule has 0 aromatic rings. The molecule has 0 bridgehead atoms. The minimum Gasteiger partial charge on any atom is -0.382 e. The first-order chi connectivity index (χ1) is 12.5. The molecule has 5 heteroatoms. The van der Waals surface area contributed by atoms with Crippen LogP contribution < -0.4 is 0 Å². The predicted molar refractivity (Wildman–Crippen MR) is 96.2 cm³/mol. The molecule has 2 N–H and O–H groups in total. The van der Waals surface area contributed by atoms with E-state index in [0.29, 0.717) is 37.5 Å². The maximum absolute atomic E-state index is 14.3. The van der Waals surface area contributed by atoms with Crippen LogP contribution in [0.1, 0.15) is 65.2 Å². The lowest BCUT2D eigenvalue weighted by atomic mass is 9.47. The number of halogens is 3. The second-order valence-electron chi connectivity index (χ2n) is 10.1. The number of hydrogen-bond donors (Lipinski definition) is 2. The summed E-state index contributed by atoms with van der Waals surface area (Å²) in [6.07, 6.45) is 8.18. The van der Waals surface area contributed by atoms with Crippen molar-refractivity contribution in [1.82, 2.24) is 0 Å². The van der Waals surface area contributed by atoms with Crippen LogP contribution in [0.5, 0.6) is 0 Å². The van der Waals surface area contributed by atoms with Crippen molar-refractivity contribution in [2.75, 3.05) is 0 Å². The lowest BCUT2D eigenvalue weighted by molar-refractivity contribution is -0.134. The molecule has 0 aromatic heterocycles. The molecule has 0 aromatic carbocycles. The highest BCUT2D eigenvalue weighted by Gasteiger charge is 2.68. The molecular formula is C22H29F3O2. The summed E-state index contributed by atoms with van der Waals surface area (Å²) in [5.41, 5.74) is -4.07. The quantitative estimate of drug-likeness (QED) is 0.639. The Morgan fingerprint density at radius 1 is 1.00 bits per heavy atom. The second kappa shape index (κ2) is 5.76. The topological polar surface area (TPSA) is 40.5 Å². The van der Waals surface area contributed by atoms with E-state index in [4.69, 9.17) is 6.42 Å². The van der Waals surface area contributed by atoms with Crippen LogP contribution in [0.15, 0.2) is 11.9 Å². The van der Waals surface area contributed by atoms with Gasteiger partial charge in [-0.15, -0.1) is 6.42 Å². The van der Waals surface area contributed by atoms with Crippen LogP contribution in [-0.4, -0.2) is 21.4 Å². The molecule has 4 aliphatic rings. The highest BCUT2D eigenvalue weighted by atomic mass is 19.3. The first-order valence-electron chi connectivity index (χ1n) is 10.1. The van der Waals surface area contributed by atoms with Gasteiger partial charge in [0.15, 0.2) is 5.83 Å². The Labute approximate surface area is 159 Å². The van der Waals surface area contributed by atoms with Crippen molar-refractivity contribution >= 4 is 0 Å². The summed E-state index contributed by atoms with van der Waals surface area (Å²) in [6.45, 7) is 4.01. The maximum atomic E-state index is 14.3. The standard InChI is InChI=1S/C22H29F3O2/c1-4-21(26)11-13-5-6-14-15(19(13,2)12-21)7-9-20(3)16(14)8-10-22(20,27)17(23)18(24)25/h1,13-16,26-27H,5-12H2,2-3H3. The van der Waals surface area contributed by atoms with Gasteiger partial charge < -0.3 is 10.2 Å². The van der Waals surface area contributed by atoms with E-state index in [1.807, 2.05) is 0 Å². The molecule has 0 amide bonds. The summed E-state index contributed by atoms with van der Waals surface area (Å²) in [4.78, 5) is 0. The number of aliphatic hydroxyl groups is 2. The summed E-state index contributed by atoms with van der Waals surface area (Å²) in [6, 6.07) is 0. The fourth-order valence-corrected chi connectivity index (χ4v) is 7.90. The van der Waals surface area contributed by atoms with Crippen molar-refractivity contribution in [3.05, 3.63) is 11.9 Å². The number of hydrogen-bond acceptors (Lipinski definition) is 2. The van der Waals surface area contributed by atoms with E-state index in [-0.39, 0.29) is 23.7 Å². The Kier molecular flexibility index (Phi) is 4.13. The molecule has 4 aliphatic carbocycles. The van der Waals surface area contributed by atoms with Gasteiger partial charge in [0.25, 0.3) is 0 Å². The Morgan fingerprint density at radius 2 is 1.67 bits per heavy atom. The Balaban J connectivity index is 1.68. The molecule has 8 atom stereocenters. The van der Waals surface area contributed by atoms with Crippen molar-refractivity contribution in [3.8, 4) is 12.3 Å². The molecule has 0 spiro atoms. The van der Waals surface area contributed by atoms with E-state index < -0.39 is 28.5 Å². The van der Waals surface area contributed by atoms with E-state index in [2.05, 4.69) is 12.8 Å². The summed E-state index contributed by atoms with van der Waals surface area (Å²) >= 11 is 0. The monoisotopic (exact) mass is 382 g/mol. The molecule has 8 unspecified atom stereocenters. The number of rotatable bonds is 1. The third-order valence-electron chi connectivity index (χ3n) is 9.27. The van der Waals surface area contributed by atoms with Gasteiger partial charge in [-0.3, -0.25) is 0 Å². The molecule has 4 fully saturated rings. The van der Waals surface area contributed by atoms with Crippen LogP contribution in [0, 0.1) is 46.8 Å². The van der Waals surface area contributed by atoms with E-state index in [0.717, 1.165) is 19.3 Å². The first kappa shape index (κ1) is 19.3. The largest absolute Gasteiger partial charge is 0.382 e. The summed E-state index contributed by atoms with van der Waals surface area (Å²) in [5.74, 6) is 1.93. The van der Waals surface area contributed by atoms with Crippen molar-refractivity contribution in [2.45, 2.75) is 76.4 Å². The lowest BCUT2D eigenvalue weighted by Gasteiger charge is -2.58. The molecule has 2 nitrogen and oxygen atoms in total. The van der Waals surface area contributed by atoms with E-state index in [9.17, 15) is 23.4 Å². The molecule has 150 valence electrons. The fraction of sp³-hybridized carbons (Fsp3) is 0.818. The summed E-state index contributed by atoms with van der Waals surface area (Å²) < 4.78 is 40.4. The molecule has 0 saturated heterocycles. The van der Waals surface area contributed by atoms with Gasteiger partial charge in [-0.05, 0) is 80.5 Å². The van der Waals surface area contributed by atoms with Crippen LogP contribution in [0.4, 0.5) is 13.2 Å². The average Bonchev–Trinajstić information content (AvgIpc) is 3.05. The average molecular weight is 382 g/mol. The fourth-order valence-electron chi connectivity index (χ4n) is 7.90. The van der Waals surface area contributed by atoms with Crippen LogP contribution in [-0.2, 0) is 0 Å². The Hall–Kier alpha value is -0.990. The lowest BCUT2D eigenvalue weighted by Crippen LogP contribution is -2.55. The zero-order valence-electron chi connectivity index (χ0n) is 16.1. The normalized spacial score (nSPS) is 53.9. The first-order valence-corrected chi connectivity index (χ1v) is 10.1. The van der Waals surface area contributed by atoms with E-state index in [1.165, 1.54) is 0 Å². The van der Waals surface area contributed by atoms with Gasteiger partial charge in [0, 0.05) is 5.41 Å². The van der Waals surface area contributed by atoms with E-state index >= 15 is 0 Å². The minimum atomic E-state index is -2.40. The van der Waals surface area contributed by atoms with Crippen molar-refractivity contribution in [1.29, 1.82) is 0 Å². The SMILES string of the molecule is C#CC1(O)CC2CCC3C(CCC4(C)C3CCC4(O)C(F)=C(F)F)C2(C)C1. The number of terminal acetylenes is 1. The molecule has 0 aliphatic heterocycles. The van der Waals surface area contributed by atoms with Gasteiger partial charge in [0.05, 0.1) is 0 Å². The van der Waals surface area contributed by atoms with Crippen molar-refractivity contribution in [2.24, 2.45) is 34.5 Å². The highest BCUT2D eigenvalue weighted by Crippen LogP contribution is 2.70. The zero-order valence-corrected chi connectivity index (χ0v) is 16.1. The molecule has 27 heavy (non-hydrogen) atoms. The molecule has 0 heterocycles. The van der Waals surface area contributed by atoms with E-state index in [1.54, 1.807) is 6.92 Å². The highest BCUT2D eigenvalue weighted by molar-refractivity contribution is 5.25. The zero-order chi connectivity index (χ0) is 19.8. The molecule has 0 radical (unpaired) electrons. The Morgan fingerprint density at radius 3 is 2.30 bits per heavy atom. The van der Waals surface area contributed by atoms with Crippen LogP contribution in [0.3, 0.4) is 0 Å². The second-order valence-corrected chi connectivity index (χ2v) is 10.1. The maximum Gasteiger partial charge on any atom is 0.304 e. The van der Waals surface area contributed by atoms with Crippen LogP contribution >= 0.6 is 0 Å². The van der Waals surface area contributed by atoms with Gasteiger partial charge in [-0.25, -0.2) is 4.39 Å². The Bertz CT molecular complexity index is 726. The summed E-state index contributed by atoms with van der Waals surface area (Å²) in [7, 11) is 0. The van der Waals surface area contributed by atoms with Gasteiger partial charge in [-0.2, -0.15) is 8.78 Å². The van der Waals surface area contributed by atoms with Gasteiger partial charge in [0.1, 0.15) is 11.2 Å². The number of fused-ring (bicyclic) bond motifs is 5. The summed E-state index contributed by atoms with van der Waals surface area (Å²) in [5, 5.41) is 21.7. The molecule has 4 saturated carbocycles. The molecule has 4 rings (SSSR count). The van der Waals surface area contributed by atoms with Gasteiger partial charge >= 0.3 is 6.08 Å². The minimum absolute atomic E-state index is 0.0173. The molecular weight excluding hydrogens is 353 g/mol. The van der Waals surface area contributed by atoms with Crippen molar-refractivity contribution < 1.29 is 23.4 Å². The third-order valence-corrected chi connectivity index (χ3v) is 9.27. The van der Waals surface area contributed by atoms with Crippen molar-refractivity contribution in [3.63, 3.8) is 0 Å². The van der Waals surface area contributed by atoms with Gasteiger partial charge in [-0.1, -0.05) is 19.8 Å². The van der Waals surface area contributed by atoms with Gasteiger partial charge in [0.2, 0.25) is 0 Å². The predicted octanol–water partition coefficient (Wildman–Crippen LogP) is 4.81. The van der Waals surface area contributed by atoms with Crippen LogP contribution in [0.2, 0.25) is 0 Å².